The van der Waals surface area contributed by atoms with Crippen LogP contribution in [0.5, 0.6) is 0 Å². The highest BCUT2D eigenvalue weighted by molar-refractivity contribution is 7.89. The lowest BCUT2D eigenvalue weighted by Crippen LogP contribution is -2.40. The van der Waals surface area contributed by atoms with Crippen molar-refractivity contribution in [1.82, 2.24) is 4.72 Å². The van der Waals surface area contributed by atoms with Gasteiger partial charge < -0.3 is 10.1 Å². The van der Waals surface area contributed by atoms with Gasteiger partial charge in [-0.15, -0.1) is 0 Å². The predicted molar refractivity (Wildman–Crippen MR) is 96.9 cm³/mol. The van der Waals surface area contributed by atoms with E-state index in [1.807, 2.05) is 5.32 Å². The highest BCUT2D eigenvalue weighted by Gasteiger charge is 2.24. The molecule has 0 aliphatic heterocycles. The third-order valence-corrected chi connectivity index (χ3v) is 5.23. The highest BCUT2D eigenvalue weighted by atomic mass is 32.2. The van der Waals surface area contributed by atoms with Crippen LogP contribution in [0.25, 0.3) is 0 Å². The largest absolute Gasteiger partial charge is 0.454 e. The molecule has 2 rings (SSSR count). The van der Waals surface area contributed by atoms with Crippen molar-refractivity contribution in [1.29, 1.82) is 0 Å². The molecule has 1 atom stereocenters. The van der Waals surface area contributed by atoms with Gasteiger partial charge in [-0.05, 0) is 38.1 Å². The van der Waals surface area contributed by atoms with Crippen molar-refractivity contribution in [2.24, 2.45) is 0 Å². The van der Waals surface area contributed by atoms with Gasteiger partial charge in [0.05, 0.1) is 10.6 Å². The molecule has 0 aliphatic carbocycles. The fourth-order valence-electron chi connectivity index (χ4n) is 2.14. The number of benzene rings is 2. The number of carbonyl (C=O) groups is 2. The quantitative estimate of drug-likeness (QED) is 0.518. The molecule has 11 heteroatoms. The molecule has 156 valence electrons. The smallest absolute Gasteiger partial charge is 0.324 e. The Hall–Kier alpha value is -2.92. The number of hydrogen-bond acceptors (Lipinski definition) is 5. The molecule has 0 aliphatic rings. The average molecular weight is 430 g/mol. The average Bonchev–Trinajstić information content (AvgIpc) is 2.66. The van der Waals surface area contributed by atoms with E-state index in [2.05, 4.69) is 9.46 Å². The van der Waals surface area contributed by atoms with Gasteiger partial charge in [0.1, 0.15) is 6.04 Å². The third kappa shape index (κ3) is 5.78. The lowest BCUT2D eigenvalue weighted by atomic mass is 10.2. The topological polar surface area (TPSA) is 102 Å². The Morgan fingerprint density at radius 3 is 2.28 bits per heavy atom. The second-order valence-electron chi connectivity index (χ2n) is 6.03. The van der Waals surface area contributed by atoms with Crippen LogP contribution < -0.4 is 10.0 Å². The first-order chi connectivity index (χ1) is 13.5. The molecule has 0 heterocycles. The van der Waals surface area contributed by atoms with E-state index in [4.69, 9.17) is 0 Å². The van der Waals surface area contributed by atoms with Gasteiger partial charge >= 0.3 is 5.97 Å². The summed E-state index contributed by atoms with van der Waals surface area (Å²) in [7, 11) is -4.00. The molecular formula is C18H17F3N2O5S. The monoisotopic (exact) mass is 430 g/mol. The number of sulfonamides is 1. The SMILES string of the molecule is Cc1ccc(S(=O)(=O)N[C@@H](C)C(=O)OCC(=O)Nc2ccc(F)c(F)c2F)cc1. The maximum Gasteiger partial charge on any atom is 0.324 e. The molecule has 0 saturated carbocycles. The van der Waals surface area contributed by atoms with Crippen LogP contribution in [-0.4, -0.2) is 32.9 Å². The zero-order valence-corrected chi connectivity index (χ0v) is 16.1. The van der Waals surface area contributed by atoms with E-state index in [1.54, 1.807) is 19.1 Å². The number of amides is 1. The van der Waals surface area contributed by atoms with Crippen LogP contribution in [0.3, 0.4) is 0 Å². The zero-order valence-electron chi connectivity index (χ0n) is 15.3. The molecule has 0 bridgehead atoms. The number of ether oxygens (including phenoxy) is 1. The van der Waals surface area contributed by atoms with Crippen molar-refractivity contribution < 1.29 is 35.9 Å². The van der Waals surface area contributed by atoms with Gasteiger partial charge in [0, 0.05) is 0 Å². The van der Waals surface area contributed by atoms with E-state index in [9.17, 15) is 31.2 Å². The van der Waals surface area contributed by atoms with Crippen LogP contribution in [0.15, 0.2) is 41.3 Å². The molecule has 1 amide bonds. The minimum Gasteiger partial charge on any atom is -0.454 e. The number of nitrogens with one attached hydrogen (secondary N) is 2. The van der Waals surface area contributed by atoms with E-state index in [0.29, 0.717) is 6.07 Å². The summed E-state index contributed by atoms with van der Waals surface area (Å²) in [4.78, 5) is 23.6. The van der Waals surface area contributed by atoms with Crippen LogP contribution in [-0.2, 0) is 24.3 Å². The molecule has 2 aromatic rings. The second kappa shape index (κ2) is 9.05. The lowest BCUT2D eigenvalue weighted by Gasteiger charge is -2.14. The Morgan fingerprint density at radius 1 is 1.03 bits per heavy atom. The van der Waals surface area contributed by atoms with Crippen molar-refractivity contribution >= 4 is 27.6 Å². The maximum absolute atomic E-state index is 13.5. The third-order valence-electron chi connectivity index (χ3n) is 3.67. The molecule has 2 N–H and O–H groups in total. The summed E-state index contributed by atoms with van der Waals surface area (Å²) < 4.78 is 70.7. The van der Waals surface area contributed by atoms with E-state index in [-0.39, 0.29) is 4.90 Å². The highest BCUT2D eigenvalue weighted by Crippen LogP contribution is 2.19. The van der Waals surface area contributed by atoms with Crippen LogP contribution in [0.4, 0.5) is 18.9 Å². The van der Waals surface area contributed by atoms with Gasteiger partial charge in [0.2, 0.25) is 10.0 Å². The molecule has 0 spiro atoms. The molecule has 7 nitrogen and oxygen atoms in total. The van der Waals surface area contributed by atoms with Crippen molar-refractivity contribution in [2.45, 2.75) is 24.8 Å². The minimum absolute atomic E-state index is 0.0608. The van der Waals surface area contributed by atoms with Crippen LogP contribution >= 0.6 is 0 Å². The Bertz CT molecular complexity index is 1030. The number of rotatable bonds is 7. The zero-order chi connectivity index (χ0) is 21.8. The van der Waals surface area contributed by atoms with Crippen molar-refractivity contribution in [3.63, 3.8) is 0 Å². The van der Waals surface area contributed by atoms with Crippen LogP contribution in [0.2, 0.25) is 0 Å². The van der Waals surface area contributed by atoms with Crippen LogP contribution in [0, 0.1) is 24.4 Å². The summed E-state index contributed by atoms with van der Waals surface area (Å²) in [6.45, 7) is 2.09. The van der Waals surface area contributed by atoms with E-state index >= 15 is 0 Å². The predicted octanol–water partition coefficient (Wildman–Crippen LogP) is 2.26. The summed E-state index contributed by atoms with van der Waals surface area (Å²) in [5, 5.41) is 1.92. The number of halogens is 3. The Kier molecular flexibility index (Phi) is 6.98. The molecule has 2 aromatic carbocycles. The molecule has 29 heavy (non-hydrogen) atoms. The fourth-order valence-corrected chi connectivity index (χ4v) is 3.33. The first kappa shape index (κ1) is 22.4. The molecular weight excluding hydrogens is 413 g/mol. The van der Waals surface area contributed by atoms with Crippen molar-refractivity contribution in [3.8, 4) is 0 Å². The molecule has 0 fully saturated rings. The van der Waals surface area contributed by atoms with Crippen LogP contribution in [0.1, 0.15) is 12.5 Å². The van der Waals surface area contributed by atoms with Gasteiger partial charge in [0.25, 0.3) is 5.91 Å². The number of aryl methyl sites for hydroxylation is 1. The summed E-state index contributed by atoms with van der Waals surface area (Å²) in [6, 6.07) is 5.97. The normalized spacial score (nSPS) is 12.3. The van der Waals surface area contributed by atoms with Gasteiger partial charge in [-0.3, -0.25) is 9.59 Å². The summed E-state index contributed by atoms with van der Waals surface area (Å²) in [5.41, 5.74) is 0.206. The Balaban J connectivity index is 1.92. The number of hydrogen-bond donors (Lipinski definition) is 2. The van der Waals surface area contributed by atoms with Gasteiger partial charge in [0.15, 0.2) is 24.1 Å². The van der Waals surface area contributed by atoms with Gasteiger partial charge in [-0.25, -0.2) is 21.6 Å². The second-order valence-corrected chi connectivity index (χ2v) is 7.75. The molecule has 0 saturated heterocycles. The summed E-state index contributed by atoms with van der Waals surface area (Å²) >= 11 is 0. The first-order valence-electron chi connectivity index (χ1n) is 8.20. The van der Waals surface area contributed by atoms with Gasteiger partial charge in [-0.1, -0.05) is 17.7 Å². The Labute approximate surface area is 164 Å². The van der Waals surface area contributed by atoms with Crippen molar-refractivity contribution in [2.75, 3.05) is 11.9 Å². The summed E-state index contributed by atoms with van der Waals surface area (Å²) in [5.74, 6) is -6.90. The van der Waals surface area contributed by atoms with E-state index in [0.717, 1.165) is 11.6 Å². The molecule has 0 unspecified atom stereocenters. The fraction of sp³-hybridized carbons (Fsp3) is 0.222. The minimum atomic E-state index is -4.00. The lowest BCUT2D eigenvalue weighted by molar-refractivity contribution is -0.148. The number of esters is 1. The number of carbonyl (C=O) groups excluding carboxylic acids is 2. The summed E-state index contributed by atoms with van der Waals surface area (Å²) in [6.07, 6.45) is 0. The van der Waals surface area contributed by atoms with Gasteiger partial charge in [-0.2, -0.15) is 4.72 Å². The first-order valence-corrected chi connectivity index (χ1v) is 9.68. The molecule has 0 aromatic heterocycles. The van der Waals surface area contributed by atoms with Crippen molar-refractivity contribution in [3.05, 3.63) is 59.4 Å². The Morgan fingerprint density at radius 2 is 1.66 bits per heavy atom. The number of anilines is 1. The maximum atomic E-state index is 13.5. The standard InChI is InChI=1S/C18H17F3N2O5S/c1-10-3-5-12(6-4-10)29(26,27)23-11(2)18(25)28-9-15(24)22-14-8-7-13(19)16(20)17(14)21/h3-8,11,23H,9H2,1-2H3,(H,22,24)/t11-/m0/s1. The van der Waals surface area contributed by atoms with E-state index in [1.165, 1.54) is 19.1 Å². The molecule has 0 radical (unpaired) electrons. The van der Waals surface area contributed by atoms with E-state index < -0.39 is 57.7 Å².